The molecule has 2 aromatic rings. The van der Waals surface area contributed by atoms with Crippen LogP contribution in [0.4, 0.5) is 5.88 Å². The fraction of sp³-hybridized carbons (Fsp3) is 0.143. The first-order valence-corrected chi connectivity index (χ1v) is 4.61. The molecule has 0 saturated heterocycles. The Balaban J connectivity index is 0.00000112. The third-order valence-electron chi connectivity index (χ3n) is 1.50. The average molecular weight is 293 g/mol. The van der Waals surface area contributed by atoms with Gasteiger partial charge in [-0.15, -0.1) is 0 Å². The first-order chi connectivity index (χ1) is 6.74. The van der Waals surface area contributed by atoms with Gasteiger partial charge in [-0.05, 0) is 20.6 Å². The summed E-state index contributed by atoms with van der Waals surface area (Å²) in [6.45, 7) is 0.438. The summed E-state index contributed by atoms with van der Waals surface area (Å²) in [4.78, 5) is 8.16. The van der Waals surface area contributed by atoms with E-state index in [4.69, 9.17) is 5.73 Å². The number of hydrogen-bond donors (Lipinski definition) is 1. The Morgan fingerprint density at radius 2 is 2.07 bits per heavy atom. The van der Waals surface area contributed by atoms with E-state index in [-0.39, 0.29) is 18.3 Å². The van der Waals surface area contributed by atoms with Crippen molar-refractivity contribution in [1.82, 2.24) is 15.2 Å². The largest absolute Gasteiger partial charge is 1.00 e. The number of rotatable bonds is 2. The van der Waals surface area contributed by atoms with E-state index < -0.39 is 0 Å². The molecule has 0 radical (unpaired) electrons. The van der Waals surface area contributed by atoms with Crippen molar-refractivity contribution in [1.29, 1.82) is 0 Å². The SMILES string of the molecule is Nc1c[n+](Cc2ncc(Br)cn2)no1.[Cl-]. The number of nitrogens with two attached hydrogens (primary N) is 1. The van der Waals surface area contributed by atoms with Crippen LogP contribution in [0.15, 0.2) is 27.6 Å². The second kappa shape index (κ2) is 5.04. The number of nitrogens with zero attached hydrogens (tertiary/aromatic N) is 4. The lowest BCUT2D eigenvalue weighted by atomic mass is 10.5. The van der Waals surface area contributed by atoms with Crippen LogP contribution in [0.25, 0.3) is 0 Å². The number of aromatic nitrogens is 4. The summed E-state index contributed by atoms with van der Waals surface area (Å²) in [5, 5.41) is 3.66. The quantitative estimate of drug-likeness (QED) is 0.603. The van der Waals surface area contributed by atoms with E-state index in [1.807, 2.05) is 0 Å². The average Bonchev–Trinajstić information content (AvgIpc) is 2.56. The predicted molar refractivity (Wildman–Crippen MR) is 49.9 cm³/mol. The minimum Gasteiger partial charge on any atom is -1.00 e. The Morgan fingerprint density at radius 1 is 1.40 bits per heavy atom. The van der Waals surface area contributed by atoms with E-state index in [1.165, 1.54) is 4.68 Å². The van der Waals surface area contributed by atoms with E-state index in [2.05, 4.69) is 35.7 Å². The van der Waals surface area contributed by atoms with Crippen molar-refractivity contribution < 1.29 is 21.6 Å². The smallest absolute Gasteiger partial charge is 0.293 e. The predicted octanol–water partition coefficient (Wildman–Crippen LogP) is -2.85. The van der Waals surface area contributed by atoms with Crippen LogP contribution in [0.3, 0.4) is 0 Å². The summed E-state index contributed by atoms with van der Waals surface area (Å²) in [5.41, 5.74) is 5.36. The van der Waals surface area contributed by atoms with Crippen LogP contribution >= 0.6 is 15.9 Å². The minimum absolute atomic E-state index is 0. The Kier molecular flexibility index (Phi) is 3.98. The van der Waals surface area contributed by atoms with Gasteiger partial charge in [-0.1, -0.05) is 0 Å². The molecule has 80 valence electrons. The van der Waals surface area contributed by atoms with Crippen LogP contribution in [-0.2, 0) is 6.54 Å². The molecule has 0 aliphatic heterocycles. The molecule has 0 aliphatic rings. The highest BCUT2D eigenvalue weighted by molar-refractivity contribution is 9.10. The molecule has 0 aliphatic carbocycles. The van der Waals surface area contributed by atoms with Crippen molar-refractivity contribution in [3.63, 3.8) is 0 Å². The van der Waals surface area contributed by atoms with Gasteiger partial charge in [0.1, 0.15) is 0 Å². The van der Waals surface area contributed by atoms with Gasteiger partial charge in [-0.2, -0.15) is 0 Å². The molecule has 0 aromatic carbocycles. The molecule has 0 saturated carbocycles. The Bertz CT molecular complexity index is 431. The zero-order valence-corrected chi connectivity index (χ0v) is 9.81. The van der Waals surface area contributed by atoms with Crippen molar-refractivity contribution in [3.8, 4) is 0 Å². The van der Waals surface area contributed by atoms with Gasteiger partial charge in [0, 0.05) is 12.4 Å². The van der Waals surface area contributed by atoms with E-state index in [1.54, 1.807) is 18.6 Å². The van der Waals surface area contributed by atoms with Crippen LogP contribution in [0.2, 0.25) is 0 Å². The molecular weight excluding hydrogens is 285 g/mol. The van der Waals surface area contributed by atoms with Crippen LogP contribution in [0, 0.1) is 0 Å². The van der Waals surface area contributed by atoms with Gasteiger partial charge in [0.05, 0.1) is 4.47 Å². The number of anilines is 1. The zero-order valence-electron chi connectivity index (χ0n) is 7.47. The van der Waals surface area contributed by atoms with Gasteiger partial charge in [0.25, 0.3) is 12.1 Å². The van der Waals surface area contributed by atoms with Crippen LogP contribution < -0.4 is 22.8 Å². The summed E-state index contributed by atoms with van der Waals surface area (Å²) in [6, 6.07) is 0. The van der Waals surface area contributed by atoms with Crippen LogP contribution in [0.5, 0.6) is 0 Å². The summed E-state index contributed by atoms with van der Waals surface area (Å²) < 4.78 is 7.05. The summed E-state index contributed by atoms with van der Waals surface area (Å²) >= 11 is 3.25. The number of hydrogen-bond acceptors (Lipinski definition) is 5. The summed E-state index contributed by atoms with van der Waals surface area (Å²) in [5.74, 6) is 0.911. The minimum atomic E-state index is 0. The van der Waals surface area contributed by atoms with Gasteiger partial charge in [0.15, 0.2) is 5.82 Å². The molecule has 2 aromatic heterocycles. The molecule has 0 amide bonds. The molecule has 8 heteroatoms. The van der Waals surface area contributed by atoms with Crippen LogP contribution in [-0.4, -0.2) is 15.2 Å². The van der Waals surface area contributed by atoms with Crippen molar-refractivity contribution in [2.75, 3.05) is 5.73 Å². The Hall–Kier alpha value is -1.21. The lowest BCUT2D eigenvalue weighted by Gasteiger charge is -1.90. The first-order valence-electron chi connectivity index (χ1n) is 3.82. The molecule has 6 nitrogen and oxygen atoms in total. The Labute approximate surface area is 100 Å². The van der Waals surface area contributed by atoms with E-state index in [0.29, 0.717) is 12.4 Å². The molecule has 0 unspecified atom stereocenters. The van der Waals surface area contributed by atoms with E-state index >= 15 is 0 Å². The van der Waals surface area contributed by atoms with Gasteiger partial charge >= 0.3 is 0 Å². The highest BCUT2D eigenvalue weighted by Crippen LogP contribution is 2.04. The van der Waals surface area contributed by atoms with Gasteiger partial charge in [0.2, 0.25) is 11.8 Å². The molecule has 0 atom stereocenters. The third kappa shape index (κ3) is 3.14. The fourth-order valence-corrected chi connectivity index (χ4v) is 1.14. The Morgan fingerprint density at radius 3 is 2.60 bits per heavy atom. The van der Waals surface area contributed by atoms with E-state index in [9.17, 15) is 0 Å². The zero-order chi connectivity index (χ0) is 9.97. The summed E-state index contributed by atoms with van der Waals surface area (Å²) in [7, 11) is 0. The van der Waals surface area contributed by atoms with Crippen molar-refractivity contribution in [3.05, 3.63) is 28.9 Å². The highest BCUT2D eigenvalue weighted by Gasteiger charge is 2.11. The van der Waals surface area contributed by atoms with Crippen molar-refractivity contribution >= 4 is 21.8 Å². The maximum Gasteiger partial charge on any atom is 0.293 e. The lowest BCUT2D eigenvalue weighted by molar-refractivity contribution is -0.755. The first kappa shape index (κ1) is 11.9. The third-order valence-corrected chi connectivity index (χ3v) is 1.91. The molecular formula is C7H7BrClN5O. The van der Waals surface area contributed by atoms with Crippen molar-refractivity contribution in [2.45, 2.75) is 6.54 Å². The molecule has 0 spiro atoms. The molecule has 2 rings (SSSR count). The molecule has 2 heterocycles. The molecule has 2 N–H and O–H groups in total. The fourth-order valence-electron chi connectivity index (χ4n) is 0.934. The second-order valence-electron chi connectivity index (χ2n) is 2.62. The number of nitrogen functional groups attached to an aromatic ring is 1. The van der Waals surface area contributed by atoms with Crippen LogP contribution in [0.1, 0.15) is 5.82 Å². The standard InChI is InChI=1S/C7H7BrN5O.ClH/c8-5-1-10-7(11-2-5)4-13-3-6(9)14-12-13;/h1-3H,4,9H2;1H/q+1;/p-1. The van der Waals surface area contributed by atoms with Crippen molar-refractivity contribution in [2.24, 2.45) is 0 Å². The monoisotopic (exact) mass is 291 g/mol. The maximum absolute atomic E-state index is 5.36. The van der Waals surface area contributed by atoms with Gasteiger partial charge in [-0.25, -0.2) is 9.97 Å². The second-order valence-corrected chi connectivity index (χ2v) is 3.54. The molecule has 15 heavy (non-hydrogen) atoms. The van der Waals surface area contributed by atoms with Gasteiger partial charge < -0.3 is 18.1 Å². The number of halogens is 2. The lowest BCUT2D eigenvalue weighted by Crippen LogP contribution is -3.00. The highest BCUT2D eigenvalue weighted by atomic mass is 79.9. The topological polar surface area (TPSA) is 81.7 Å². The molecule has 0 fully saturated rings. The van der Waals surface area contributed by atoms with Gasteiger partial charge in [-0.3, -0.25) is 4.52 Å². The van der Waals surface area contributed by atoms with E-state index in [0.717, 1.165) is 4.47 Å². The molecule has 0 bridgehead atoms. The normalized spacial score (nSPS) is 9.67. The summed E-state index contributed by atoms with van der Waals surface area (Å²) in [6.07, 6.45) is 4.92. The maximum atomic E-state index is 5.36.